The van der Waals surface area contributed by atoms with E-state index in [1.165, 1.54) is 22.3 Å². The molecule has 0 bridgehead atoms. The van der Waals surface area contributed by atoms with Gasteiger partial charge in [-0.05, 0) is 49.6 Å². The molecule has 0 saturated heterocycles. The van der Waals surface area contributed by atoms with Gasteiger partial charge in [-0.25, -0.2) is 0 Å². The van der Waals surface area contributed by atoms with Gasteiger partial charge in [0.05, 0.1) is 13.2 Å². The number of benzene rings is 2. The van der Waals surface area contributed by atoms with E-state index < -0.39 is 0 Å². The van der Waals surface area contributed by atoms with Crippen molar-refractivity contribution >= 4 is 0 Å². The van der Waals surface area contributed by atoms with Crippen molar-refractivity contribution in [3.8, 4) is 5.75 Å². The molecule has 21 heavy (non-hydrogen) atoms. The molecule has 0 aromatic heterocycles. The Morgan fingerprint density at radius 3 is 2.48 bits per heavy atom. The lowest BCUT2D eigenvalue weighted by atomic mass is 9.95. The van der Waals surface area contributed by atoms with Crippen molar-refractivity contribution < 1.29 is 4.74 Å². The maximum absolute atomic E-state index is 5.54. The van der Waals surface area contributed by atoms with Crippen LogP contribution in [0.1, 0.15) is 41.6 Å². The molecule has 0 saturated carbocycles. The van der Waals surface area contributed by atoms with E-state index in [0.29, 0.717) is 0 Å². The summed E-state index contributed by atoms with van der Waals surface area (Å²) in [7, 11) is 1.73. The minimum Gasteiger partial charge on any atom is -0.496 e. The molecule has 2 heteroatoms. The summed E-state index contributed by atoms with van der Waals surface area (Å²) in [6.45, 7) is 7.48. The Balaban J connectivity index is 2.44. The number of methoxy groups -OCH3 is 1. The Hall–Kier alpha value is -1.80. The molecule has 2 nitrogen and oxygen atoms in total. The van der Waals surface area contributed by atoms with Crippen molar-refractivity contribution in [3.63, 3.8) is 0 Å². The Morgan fingerprint density at radius 2 is 1.81 bits per heavy atom. The molecule has 112 valence electrons. The molecular formula is C19H25NO. The Kier molecular flexibility index (Phi) is 5.40. The molecule has 1 unspecified atom stereocenters. The molecule has 0 radical (unpaired) electrons. The highest BCUT2D eigenvalue weighted by molar-refractivity contribution is 5.43. The van der Waals surface area contributed by atoms with Crippen molar-refractivity contribution in [2.24, 2.45) is 0 Å². The zero-order valence-electron chi connectivity index (χ0n) is 13.4. The van der Waals surface area contributed by atoms with Crippen LogP contribution in [-0.2, 0) is 0 Å². The summed E-state index contributed by atoms with van der Waals surface area (Å²) in [6.07, 6.45) is 1.11. The van der Waals surface area contributed by atoms with Gasteiger partial charge in [0.2, 0.25) is 0 Å². The third kappa shape index (κ3) is 3.64. The van der Waals surface area contributed by atoms with E-state index >= 15 is 0 Å². The Labute approximate surface area is 128 Å². The first-order valence-corrected chi connectivity index (χ1v) is 7.60. The number of ether oxygens (including phenoxy) is 1. The number of rotatable bonds is 6. The second-order valence-electron chi connectivity index (χ2n) is 5.47. The van der Waals surface area contributed by atoms with Gasteiger partial charge >= 0.3 is 0 Å². The quantitative estimate of drug-likeness (QED) is 0.848. The lowest BCUT2D eigenvalue weighted by Gasteiger charge is -2.22. The first-order valence-electron chi connectivity index (χ1n) is 7.60. The molecule has 1 atom stereocenters. The lowest BCUT2D eigenvalue weighted by Crippen LogP contribution is -2.23. The highest BCUT2D eigenvalue weighted by Crippen LogP contribution is 2.30. The van der Waals surface area contributed by atoms with E-state index in [2.05, 4.69) is 56.4 Å². The fourth-order valence-electron chi connectivity index (χ4n) is 2.55. The fraction of sp³-hybridized carbons (Fsp3) is 0.368. The highest BCUT2D eigenvalue weighted by atomic mass is 16.5. The maximum Gasteiger partial charge on any atom is 0.123 e. The van der Waals surface area contributed by atoms with Gasteiger partial charge in [0.25, 0.3) is 0 Å². The number of hydrogen-bond donors (Lipinski definition) is 1. The van der Waals surface area contributed by atoms with Gasteiger partial charge in [0.1, 0.15) is 5.75 Å². The zero-order chi connectivity index (χ0) is 15.2. The molecule has 2 rings (SSSR count). The van der Waals surface area contributed by atoms with Crippen LogP contribution in [0.3, 0.4) is 0 Å². The van der Waals surface area contributed by atoms with Gasteiger partial charge in [-0.15, -0.1) is 0 Å². The second-order valence-corrected chi connectivity index (χ2v) is 5.47. The first kappa shape index (κ1) is 15.6. The predicted octanol–water partition coefficient (Wildman–Crippen LogP) is 4.40. The summed E-state index contributed by atoms with van der Waals surface area (Å²) in [5.74, 6) is 0.935. The number of para-hydroxylation sites is 1. The SMILES string of the molecule is CCCNC(c1ccc(C)c(C)c1)c1ccccc1OC. The third-order valence-electron chi connectivity index (χ3n) is 3.91. The summed E-state index contributed by atoms with van der Waals surface area (Å²) in [5, 5.41) is 3.64. The largest absolute Gasteiger partial charge is 0.496 e. The second kappa shape index (κ2) is 7.28. The van der Waals surface area contributed by atoms with Crippen LogP contribution >= 0.6 is 0 Å². The van der Waals surface area contributed by atoms with Crippen LogP contribution in [0, 0.1) is 13.8 Å². The van der Waals surface area contributed by atoms with Gasteiger partial charge < -0.3 is 10.1 Å². The monoisotopic (exact) mass is 283 g/mol. The minimum atomic E-state index is 0.167. The molecule has 0 fully saturated rings. The summed E-state index contributed by atoms with van der Waals surface area (Å²) < 4.78 is 5.54. The van der Waals surface area contributed by atoms with E-state index in [-0.39, 0.29) is 6.04 Å². The summed E-state index contributed by atoms with van der Waals surface area (Å²) in [6, 6.07) is 15.1. The summed E-state index contributed by atoms with van der Waals surface area (Å²) >= 11 is 0. The molecule has 0 spiro atoms. The molecule has 0 aliphatic heterocycles. The van der Waals surface area contributed by atoms with E-state index in [1.807, 2.05) is 12.1 Å². The molecule has 0 amide bonds. The molecule has 2 aromatic carbocycles. The molecule has 2 aromatic rings. The smallest absolute Gasteiger partial charge is 0.123 e. The van der Waals surface area contributed by atoms with Crippen LogP contribution in [0.4, 0.5) is 0 Å². The molecule has 0 aliphatic carbocycles. The van der Waals surface area contributed by atoms with Gasteiger partial charge in [-0.1, -0.05) is 43.3 Å². The average Bonchev–Trinajstić information content (AvgIpc) is 2.51. The van der Waals surface area contributed by atoms with Crippen molar-refractivity contribution in [2.75, 3.05) is 13.7 Å². The standard InChI is InChI=1S/C19H25NO/c1-5-12-20-19(16-11-10-14(2)15(3)13-16)17-8-6-7-9-18(17)21-4/h6-11,13,19-20H,5,12H2,1-4H3. The van der Waals surface area contributed by atoms with Crippen LogP contribution in [0.25, 0.3) is 0 Å². The van der Waals surface area contributed by atoms with Crippen molar-refractivity contribution in [3.05, 3.63) is 64.7 Å². The highest BCUT2D eigenvalue weighted by Gasteiger charge is 2.17. The van der Waals surface area contributed by atoms with Crippen molar-refractivity contribution in [2.45, 2.75) is 33.2 Å². The topological polar surface area (TPSA) is 21.3 Å². The normalized spacial score (nSPS) is 12.2. The average molecular weight is 283 g/mol. The molecule has 0 aliphatic rings. The fourth-order valence-corrected chi connectivity index (χ4v) is 2.55. The number of hydrogen-bond acceptors (Lipinski definition) is 2. The van der Waals surface area contributed by atoms with Crippen molar-refractivity contribution in [1.29, 1.82) is 0 Å². The van der Waals surface area contributed by atoms with E-state index in [4.69, 9.17) is 4.74 Å². The van der Waals surface area contributed by atoms with Crippen LogP contribution in [-0.4, -0.2) is 13.7 Å². The first-order chi connectivity index (χ1) is 10.2. The van der Waals surface area contributed by atoms with Crippen molar-refractivity contribution in [1.82, 2.24) is 5.32 Å². The summed E-state index contributed by atoms with van der Waals surface area (Å²) in [4.78, 5) is 0. The maximum atomic E-state index is 5.54. The lowest BCUT2D eigenvalue weighted by molar-refractivity contribution is 0.404. The van der Waals surface area contributed by atoms with E-state index in [0.717, 1.165) is 18.7 Å². The van der Waals surface area contributed by atoms with Gasteiger partial charge in [-0.2, -0.15) is 0 Å². The van der Waals surface area contributed by atoms with E-state index in [1.54, 1.807) is 7.11 Å². The van der Waals surface area contributed by atoms with Gasteiger partial charge in [0.15, 0.2) is 0 Å². The molecule has 1 N–H and O–H groups in total. The minimum absolute atomic E-state index is 0.167. The molecule has 0 heterocycles. The number of nitrogens with one attached hydrogen (secondary N) is 1. The summed E-state index contributed by atoms with van der Waals surface area (Å²) in [5.41, 5.74) is 5.13. The molecular weight excluding hydrogens is 258 g/mol. The Bertz CT molecular complexity index is 592. The third-order valence-corrected chi connectivity index (χ3v) is 3.91. The Morgan fingerprint density at radius 1 is 1.05 bits per heavy atom. The van der Waals surface area contributed by atoms with E-state index in [9.17, 15) is 0 Å². The van der Waals surface area contributed by atoms with Crippen LogP contribution in [0.2, 0.25) is 0 Å². The van der Waals surface area contributed by atoms with Crippen LogP contribution in [0.15, 0.2) is 42.5 Å². The predicted molar refractivity (Wildman–Crippen MR) is 89.0 cm³/mol. The van der Waals surface area contributed by atoms with Crippen LogP contribution in [0.5, 0.6) is 5.75 Å². The van der Waals surface area contributed by atoms with Gasteiger partial charge in [-0.3, -0.25) is 0 Å². The number of aryl methyl sites for hydroxylation is 2. The van der Waals surface area contributed by atoms with Crippen LogP contribution < -0.4 is 10.1 Å². The van der Waals surface area contributed by atoms with Gasteiger partial charge in [0, 0.05) is 5.56 Å². The zero-order valence-corrected chi connectivity index (χ0v) is 13.4.